The van der Waals surface area contributed by atoms with Crippen molar-refractivity contribution in [2.24, 2.45) is 0 Å². The molecule has 0 N–H and O–H groups in total. The Morgan fingerprint density at radius 1 is 1.38 bits per heavy atom. The standard InChI is InChI=1S/C20H23N3O5S/c1-3-13(2)23(14-8-9-29(26,27)11-14)17(24)10-22-12-21-18-15-6-4-5-7-16(15)28-19(18)20(22)25/h4-7,12-14H,3,8-11H2,1-2H3/t13-,14-/m0/s1. The molecule has 29 heavy (non-hydrogen) atoms. The number of rotatable bonds is 5. The van der Waals surface area contributed by atoms with Gasteiger partial charge < -0.3 is 9.32 Å². The minimum Gasteiger partial charge on any atom is -0.448 e. The van der Waals surface area contributed by atoms with Crippen molar-refractivity contribution >= 4 is 37.8 Å². The van der Waals surface area contributed by atoms with E-state index >= 15 is 0 Å². The number of nitrogens with zero attached hydrogens (tertiary/aromatic N) is 3. The normalized spacial score (nSPS) is 19.6. The van der Waals surface area contributed by atoms with Gasteiger partial charge in [-0.2, -0.15) is 0 Å². The van der Waals surface area contributed by atoms with Crippen LogP contribution in [0.4, 0.5) is 0 Å². The molecule has 1 aliphatic rings. The predicted octanol–water partition coefficient (Wildman–Crippen LogP) is 1.96. The summed E-state index contributed by atoms with van der Waals surface area (Å²) in [5, 5.41) is 0.746. The summed E-state index contributed by atoms with van der Waals surface area (Å²) in [7, 11) is -3.13. The van der Waals surface area contributed by atoms with E-state index in [0.29, 0.717) is 23.9 Å². The second-order valence-electron chi connectivity index (χ2n) is 7.57. The minimum absolute atomic E-state index is 0.0289. The second-order valence-corrected chi connectivity index (χ2v) is 9.80. The summed E-state index contributed by atoms with van der Waals surface area (Å²) in [5.41, 5.74) is 0.714. The number of aromatic nitrogens is 2. The fourth-order valence-corrected chi connectivity index (χ4v) is 5.67. The van der Waals surface area contributed by atoms with Crippen LogP contribution in [0.1, 0.15) is 26.7 Å². The number of hydrogen-bond acceptors (Lipinski definition) is 6. The van der Waals surface area contributed by atoms with Gasteiger partial charge in [0.25, 0.3) is 5.56 Å². The predicted molar refractivity (Wildman–Crippen MR) is 109 cm³/mol. The van der Waals surface area contributed by atoms with E-state index in [-0.39, 0.29) is 41.6 Å². The van der Waals surface area contributed by atoms with Crippen molar-refractivity contribution in [1.29, 1.82) is 0 Å². The number of hydrogen-bond donors (Lipinski definition) is 0. The van der Waals surface area contributed by atoms with Crippen molar-refractivity contribution in [2.45, 2.75) is 45.3 Å². The zero-order valence-corrected chi connectivity index (χ0v) is 17.2. The van der Waals surface area contributed by atoms with Gasteiger partial charge in [0.15, 0.2) is 9.84 Å². The third kappa shape index (κ3) is 3.55. The molecule has 1 aromatic carbocycles. The zero-order chi connectivity index (χ0) is 20.8. The maximum Gasteiger partial charge on any atom is 0.297 e. The monoisotopic (exact) mass is 417 g/mol. The van der Waals surface area contributed by atoms with Gasteiger partial charge >= 0.3 is 0 Å². The van der Waals surface area contributed by atoms with Crippen LogP contribution in [0.2, 0.25) is 0 Å². The van der Waals surface area contributed by atoms with Crippen LogP contribution in [0, 0.1) is 0 Å². The molecule has 1 saturated heterocycles. The van der Waals surface area contributed by atoms with Gasteiger partial charge in [0.05, 0.1) is 17.8 Å². The van der Waals surface area contributed by atoms with E-state index in [4.69, 9.17) is 4.42 Å². The molecule has 0 bridgehead atoms. The Morgan fingerprint density at radius 3 is 2.83 bits per heavy atom. The van der Waals surface area contributed by atoms with Gasteiger partial charge in [0, 0.05) is 17.5 Å². The summed E-state index contributed by atoms with van der Waals surface area (Å²) in [6.07, 6.45) is 2.47. The zero-order valence-electron chi connectivity index (χ0n) is 16.4. The van der Waals surface area contributed by atoms with Gasteiger partial charge in [0.2, 0.25) is 11.5 Å². The SMILES string of the molecule is CC[C@H](C)N(C(=O)Cn1cnc2c(oc3ccccc32)c1=O)[C@H]1CCS(=O)(=O)C1. The van der Waals surface area contributed by atoms with Crippen LogP contribution in [-0.2, 0) is 21.2 Å². The Hall–Kier alpha value is -2.68. The van der Waals surface area contributed by atoms with Crippen molar-refractivity contribution in [3.8, 4) is 0 Å². The molecule has 0 spiro atoms. The number of fused-ring (bicyclic) bond motifs is 3. The van der Waals surface area contributed by atoms with Gasteiger partial charge in [-0.25, -0.2) is 13.4 Å². The number of amides is 1. The number of furan rings is 1. The maximum absolute atomic E-state index is 13.1. The van der Waals surface area contributed by atoms with Crippen LogP contribution in [0.15, 0.2) is 39.8 Å². The highest BCUT2D eigenvalue weighted by molar-refractivity contribution is 7.91. The van der Waals surface area contributed by atoms with Crippen molar-refractivity contribution in [2.75, 3.05) is 11.5 Å². The van der Waals surface area contributed by atoms with Crippen LogP contribution in [-0.4, -0.2) is 52.4 Å². The summed E-state index contributed by atoms with van der Waals surface area (Å²) >= 11 is 0. The van der Waals surface area contributed by atoms with E-state index in [1.54, 1.807) is 11.0 Å². The van der Waals surface area contributed by atoms with E-state index in [1.807, 2.05) is 32.0 Å². The molecule has 2 aromatic heterocycles. The van der Waals surface area contributed by atoms with Gasteiger partial charge in [-0.05, 0) is 31.9 Å². The largest absolute Gasteiger partial charge is 0.448 e. The van der Waals surface area contributed by atoms with Gasteiger partial charge in [-0.3, -0.25) is 14.2 Å². The van der Waals surface area contributed by atoms with Gasteiger partial charge in [-0.1, -0.05) is 19.1 Å². The van der Waals surface area contributed by atoms with Crippen molar-refractivity contribution in [1.82, 2.24) is 14.5 Å². The van der Waals surface area contributed by atoms with Gasteiger partial charge in [-0.15, -0.1) is 0 Å². The third-order valence-corrected chi connectivity index (χ3v) is 7.36. The van der Waals surface area contributed by atoms with Crippen LogP contribution < -0.4 is 5.56 Å². The van der Waals surface area contributed by atoms with Crippen molar-refractivity contribution in [3.63, 3.8) is 0 Å². The van der Waals surface area contributed by atoms with Crippen LogP contribution in [0.5, 0.6) is 0 Å². The molecule has 1 fully saturated rings. The van der Waals surface area contributed by atoms with Crippen LogP contribution >= 0.6 is 0 Å². The first kappa shape index (κ1) is 19.6. The van der Waals surface area contributed by atoms with E-state index in [2.05, 4.69) is 4.98 Å². The Kier molecular flexibility index (Phi) is 4.94. The topological polar surface area (TPSA) is 102 Å². The molecule has 9 heteroatoms. The summed E-state index contributed by atoms with van der Waals surface area (Å²) in [6, 6.07) is 6.76. The molecule has 0 saturated carbocycles. The minimum atomic E-state index is -3.13. The Labute approximate surface area is 168 Å². The molecular weight excluding hydrogens is 394 g/mol. The molecule has 4 rings (SSSR count). The van der Waals surface area contributed by atoms with Crippen molar-refractivity contribution < 1.29 is 17.6 Å². The highest BCUT2D eigenvalue weighted by Crippen LogP contribution is 2.25. The molecule has 3 heterocycles. The first-order valence-corrected chi connectivity index (χ1v) is 11.5. The van der Waals surface area contributed by atoms with E-state index in [1.165, 1.54) is 10.9 Å². The second kappa shape index (κ2) is 7.29. The van der Waals surface area contributed by atoms with Crippen LogP contribution in [0.25, 0.3) is 22.1 Å². The Morgan fingerprint density at radius 2 is 2.14 bits per heavy atom. The Bertz CT molecular complexity index is 1240. The molecule has 1 amide bonds. The highest BCUT2D eigenvalue weighted by Gasteiger charge is 2.36. The Balaban J connectivity index is 1.67. The smallest absolute Gasteiger partial charge is 0.297 e. The quantitative estimate of drug-likeness (QED) is 0.629. The average Bonchev–Trinajstić information content (AvgIpc) is 3.24. The first-order valence-electron chi connectivity index (χ1n) is 9.69. The summed E-state index contributed by atoms with van der Waals surface area (Å²) in [6.45, 7) is 3.63. The molecule has 154 valence electrons. The molecule has 0 aliphatic carbocycles. The number of para-hydroxylation sites is 1. The average molecular weight is 417 g/mol. The van der Waals surface area contributed by atoms with E-state index in [9.17, 15) is 18.0 Å². The molecule has 3 aromatic rings. The van der Waals surface area contributed by atoms with E-state index < -0.39 is 15.4 Å². The number of carbonyl (C=O) groups is 1. The first-order chi connectivity index (χ1) is 13.8. The number of carbonyl (C=O) groups excluding carboxylic acids is 1. The summed E-state index contributed by atoms with van der Waals surface area (Å²) in [4.78, 5) is 31.9. The lowest BCUT2D eigenvalue weighted by atomic mass is 10.1. The molecule has 0 unspecified atom stereocenters. The number of benzene rings is 1. The lowest BCUT2D eigenvalue weighted by Gasteiger charge is -2.33. The molecule has 1 aliphatic heterocycles. The fraction of sp³-hybridized carbons (Fsp3) is 0.450. The summed E-state index contributed by atoms with van der Waals surface area (Å²) < 4.78 is 30.7. The molecule has 0 radical (unpaired) electrons. The van der Waals surface area contributed by atoms with Crippen molar-refractivity contribution in [3.05, 3.63) is 40.9 Å². The van der Waals surface area contributed by atoms with Crippen LogP contribution in [0.3, 0.4) is 0 Å². The van der Waals surface area contributed by atoms with E-state index in [0.717, 1.165) is 5.39 Å². The molecule has 2 atom stereocenters. The van der Waals surface area contributed by atoms with Gasteiger partial charge in [0.1, 0.15) is 17.6 Å². The highest BCUT2D eigenvalue weighted by atomic mass is 32.2. The third-order valence-electron chi connectivity index (χ3n) is 5.61. The number of sulfone groups is 1. The molecule has 8 nitrogen and oxygen atoms in total. The summed E-state index contributed by atoms with van der Waals surface area (Å²) in [5.74, 6) is -0.232. The maximum atomic E-state index is 13.1. The molecular formula is C20H23N3O5S. The fourth-order valence-electron chi connectivity index (χ4n) is 3.96. The lowest BCUT2D eigenvalue weighted by molar-refractivity contribution is -0.136. The lowest BCUT2D eigenvalue weighted by Crippen LogP contribution is -2.48.